The van der Waals surface area contributed by atoms with Gasteiger partial charge in [0.15, 0.2) is 0 Å². The van der Waals surface area contributed by atoms with Crippen molar-refractivity contribution in [3.8, 4) is 0 Å². The second-order valence-electron chi connectivity index (χ2n) is 5.03. The van der Waals surface area contributed by atoms with Gasteiger partial charge in [0.1, 0.15) is 16.1 Å². The second-order valence-corrected chi connectivity index (χ2v) is 6.96. The molecule has 0 aliphatic carbocycles. The van der Waals surface area contributed by atoms with Crippen molar-refractivity contribution >= 4 is 17.6 Å². The van der Waals surface area contributed by atoms with Gasteiger partial charge in [-0.2, -0.15) is 0 Å². The summed E-state index contributed by atoms with van der Waals surface area (Å²) >= 11 is -1.12. The third kappa shape index (κ3) is 5.89. The van der Waals surface area contributed by atoms with E-state index in [4.69, 9.17) is 0 Å². The van der Waals surface area contributed by atoms with Crippen LogP contribution < -0.4 is 0 Å². The van der Waals surface area contributed by atoms with Gasteiger partial charge in [-0.3, -0.25) is 0 Å². The molecule has 0 amide bonds. The van der Waals surface area contributed by atoms with Crippen molar-refractivity contribution in [1.29, 1.82) is 0 Å². The molecular weight excluding hydrogens is 230 g/mol. The van der Waals surface area contributed by atoms with Gasteiger partial charge in [-0.15, -0.1) is 0 Å². The molecule has 0 radical (unpaired) electrons. The fraction of sp³-hybridized carbons (Fsp3) is 0.500. The summed E-state index contributed by atoms with van der Waals surface area (Å²) in [4.78, 5) is 0. The molecule has 2 nitrogen and oxygen atoms in total. The van der Waals surface area contributed by atoms with Crippen molar-refractivity contribution in [2.45, 2.75) is 44.8 Å². The molecule has 0 aliphatic rings. The van der Waals surface area contributed by atoms with Gasteiger partial charge in [0.25, 0.3) is 0 Å². The number of aryl methyl sites for hydroxylation is 1. The zero-order valence-electron chi connectivity index (χ0n) is 10.8. The maximum Gasteiger partial charge on any atom is 0.144 e. The van der Waals surface area contributed by atoms with Crippen molar-refractivity contribution < 1.29 is 4.55 Å². The molecule has 3 heteroatoms. The molecule has 0 saturated carbocycles. The van der Waals surface area contributed by atoms with Gasteiger partial charge in [0, 0.05) is 0 Å². The third-order valence-electron chi connectivity index (χ3n) is 2.34. The first kappa shape index (κ1) is 14.3. The van der Waals surface area contributed by atoms with Gasteiger partial charge < -0.3 is 4.55 Å². The standard InChI is InChI=1S/C14H21NOS/c1-14(2,3)17(16)15-12-8-7-11-13-9-5-4-6-10-13/h4-6,9-10,12H,7-8,11H2,1-3H3. The lowest BCUT2D eigenvalue weighted by molar-refractivity contribution is 0.561. The highest BCUT2D eigenvalue weighted by Gasteiger charge is 2.25. The molecule has 0 heterocycles. The highest BCUT2D eigenvalue weighted by atomic mass is 32.2. The molecule has 0 saturated heterocycles. The van der Waals surface area contributed by atoms with E-state index >= 15 is 0 Å². The van der Waals surface area contributed by atoms with Crippen LogP contribution in [0.1, 0.15) is 39.2 Å². The molecule has 1 unspecified atom stereocenters. The Morgan fingerprint density at radius 2 is 1.88 bits per heavy atom. The molecule has 1 rings (SSSR count). The van der Waals surface area contributed by atoms with Crippen LogP contribution in [-0.2, 0) is 17.8 Å². The molecular formula is C14H21NOS. The van der Waals surface area contributed by atoms with Crippen LogP contribution in [0.4, 0.5) is 0 Å². The van der Waals surface area contributed by atoms with Crippen molar-refractivity contribution in [2.24, 2.45) is 4.40 Å². The first-order chi connectivity index (χ1) is 8.00. The Hall–Kier alpha value is -0.800. The van der Waals surface area contributed by atoms with Crippen LogP contribution in [0.2, 0.25) is 0 Å². The molecule has 1 aromatic rings. The second kappa shape index (κ2) is 6.82. The van der Waals surface area contributed by atoms with Gasteiger partial charge in [-0.05, 0) is 45.6 Å². The highest BCUT2D eigenvalue weighted by Crippen LogP contribution is 2.16. The third-order valence-corrected chi connectivity index (χ3v) is 3.72. The van der Waals surface area contributed by atoms with Crippen molar-refractivity contribution in [2.75, 3.05) is 0 Å². The summed E-state index contributed by atoms with van der Waals surface area (Å²) < 4.78 is 15.4. The molecule has 0 bridgehead atoms. The maximum absolute atomic E-state index is 11.6. The van der Waals surface area contributed by atoms with Crippen molar-refractivity contribution in [1.82, 2.24) is 0 Å². The summed E-state index contributed by atoms with van der Waals surface area (Å²) in [5, 5.41) is 0. The molecule has 1 atom stereocenters. The Kier molecular flexibility index (Phi) is 5.72. The first-order valence-corrected chi connectivity index (χ1v) is 7.09. The molecule has 0 aromatic heterocycles. The monoisotopic (exact) mass is 251 g/mol. The number of hydrogen-bond donors (Lipinski definition) is 0. The normalized spacial score (nSPS) is 14.1. The lowest BCUT2D eigenvalue weighted by Gasteiger charge is -2.17. The van der Waals surface area contributed by atoms with E-state index in [0.29, 0.717) is 0 Å². The van der Waals surface area contributed by atoms with E-state index in [0.717, 1.165) is 19.3 Å². The summed E-state index contributed by atoms with van der Waals surface area (Å²) in [7, 11) is 0. The Bertz CT molecular complexity index is 343. The average Bonchev–Trinajstić information content (AvgIpc) is 2.28. The summed E-state index contributed by atoms with van der Waals surface area (Å²) in [5.74, 6) is 0. The summed E-state index contributed by atoms with van der Waals surface area (Å²) in [5.41, 5.74) is 1.35. The van der Waals surface area contributed by atoms with Gasteiger partial charge >= 0.3 is 0 Å². The summed E-state index contributed by atoms with van der Waals surface area (Å²) in [6, 6.07) is 10.4. The van der Waals surface area contributed by atoms with Crippen LogP contribution in [0.15, 0.2) is 34.7 Å². The van der Waals surface area contributed by atoms with E-state index in [1.54, 1.807) is 6.21 Å². The van der Waals surface area contributed by atoms with E-state index in [-0.39, 0.29) is 4.75 Å². The fourth-order valence-electron chi connectivity index (χ4n) is 1.32. The lowest BCUT2D eigenvalue weighted by Crippen LogP contribution is -2.25. The largest absolute Gasteiger partial charge is 0.591 e. The smallest absolute Gasteiger partial charge is 0.144 e. The summed E-state index contributed by atoms with van der Waals surface area (Å²) in [6.07, 6.45) is 4.78. The van der Waals surface area contributed by atoms with Crippen LogP contribution in [0.3, 0.4) is 0 Å². The topological polar surface area (TPSA) is 35.4 Å². The number of nitrogens with zero attached hydrogens (tertiary/aromatic N) is 1. The molecule has 0 fully saturated rings. The number of unbranched alkanes of at least 4 members (excludes halogenated alkanes) is 1. The predicted molar refractivity (Wildman–Crippen MR) is 75.8 cm³/mol. The van der Waals surface area contributed by atoms with E-state index in [1.807, 2.05) is 26.8 Å². The molecule has 0 aliphatic heterocycles. The van der Waals surface area contributed by atoms with Gasteiger partial charge in [0.2, 0.25) is 0 Å². The molecule has 17 heavy (non-hydrogen) atoms. The molecule has 1 aromatic carbocycles. The number of benzene rings is 1. The average molecular weight is 251 g/mol. The Labute approximate surface area is 107 Å². The van der Waals surface area contributed by atoms with Crippen LogP contribution in [-0.4, -0.2) is 15.5 Å². The Morgan fingerprint density at radius 1 is 1.24 bits per heavy atom. The zero-order chi connectivity index (χ0) is 12.7. The molecule has 0 spiro atoms. The number of hydrogen-bond acceptors (Lipinski definition) is 2. The number of rotatable bonds is 5. The maximum atomic E-state index is 11.6. The van der Waals surface area contributed by atoms with Crippen LogP contribution in [0.5, 0.6) is 0 Å². The fourth-order valence-corrected chi connectivity index (χ4v) is 1.88. The van der Waals surface area contributed by atoms with Gasteiger partial charge in [0.05, 0.1) is 6.21 Å². The molecule has 94 valence electrons. The van der Waals surface area contributed by atoms with Crippen molar-refractivity contribution in [3.05, 3.63) is 35.9 Å². The minimum Gasteiger partial charge on any atom is -0.591 e. The van der Waals surface area contributed by atoms with Crippen molar-refractivity contribution in [3.63, 3.8) is 0 Å². The minimum atomic E-state index is -1.12. The lowest BCUT2D eigenvalue weighted by atomic mass is 10.1. The Morgan fingerprint density at radius 3 is 2.47 bits per heavy atom. The minimum absolute atomic E-state index is 0.254. The zero-order valence-corrected chi connectivity index (χ0v) is 11.7. The SMILES string of the molecule is CC(C)(C)[S+]([O-])N=CCCCc1ccccc1. The van der Waals surface area contributed by atoms with Crippen LogP contribution in [0, 0.1) is 0 Å². The molecule has 0 N–H and O–H groups in total. The van der Waals surface area contributed by atoms with Gasteiger partial charge in [-0.1, -0.05) is 34.7 Å². The van der Waals surface area contributed by atoms with Crippen LogP contribution >= 0.6 is 0 Å². The highest BCUT2D eigenvalue weighted by molar-refractivity contribution is 7.91. The quantitative estimate of drug-likeness (QED) is 0.448. The first-order valence-electron chi connectivity index (χ1n) is 5.98. The van der Waals surface area contributed by atoms with E-state index in [2.05, 4.69) is 28.7 Å². The Balaban J connectivity index is 2.23. The summed E-state index contributed by atoms with van der Waals surface area (Å²) in [6.45, 7) is 5.80. The van der Waals surface area contributed by atoms with E-state index in [1.165, 1.54) is 5.56 Å². The van der Waals surface area contributed by atoms with E-state index in [9.17, 15) is 4.55 Å². The predicted octanol–water partition coefficient (Wildman–Crippen LogP) is 3.54. The van der Waals surface area contributed by atoms with Gasteiger partial charge in [-0.25, -0.2) is 0 Å². The van der Waals surface area contributed by atoms with E-state index < -0.39 is 11.4 Å². The van der Waals surface area contributed by atoms with Crippen LogP contribution in [0.25, 0.3) is 0 Å².